The molecule has 8 aromatic rings. The monoisotopic (exact) mass is 679 g/mol. The minimum Gasteiger partial charge on any atom is -0.355 e. The highest BCUT2D eigenvalue weighted by atomic mass is 28.3. The molecule has 1 aliphatic rings. The van der Waals surface area contributed by atoms with Gasteiger partial charge < -0.3 is 9.80 Å². The Morgan fingerprint density at radius 3 is 1.98 bits per heavy atom. The average Bonchev–Trinajstić information content (AvgIpc) is 3.76. The lowest BCUT2D eigenvalue weighted by atomic mass is 10.1. The summed E-state index contributed by atoms with van der Waals surface area (Å²) in [6.07, 6.45) is 1.93. The van der Waals surface area contributed by atoms with E-state index >= 15 is 0 Å². The summed E-state index contributed by atoms with van der Waals surface area (Å²) in [6.45, 7) is 2.40. The summed E-state index contributed by atoms with van der Waals surface area (Å²) in [5.74, 6) is 1.28. The van der Waals surface area contributed by atoms with E-state index in [2.05, 4.69) is 163 Å². The molecule has 2 aromatic heterocycles. The first-order valence-corrected chi connectivity index (χ1v) is 19.6. The molecule has 0 bridgehead atoms. The summed E-state index contributed by atoms with van der Waals surface area (Å²) >= 11 is 0. The fraction of sp³-hybridized carbons (Fsp3) is 0.109. The number of anilines is 3. The van der Waals surface area contributed by atoms with Gasteiger partial charge in [0, 0.05) is 33.7 Å². The minimum atomic E-state index is -3.03. The fourth-order valence-corrected chi connectivity index (χ4v) is 12.9. The molecule has 1 aliphatic heterocycles. The number of fused-ring (bicyclic) bond motifs is 4. The molecule has 0 amide bonds. The molecule has 0 fully saturated rings. The van der Waals surface area contributed by atoms with Crippen LogP contribution in [0.5, 0.6) is 0 Å². The van der Waals surface area contributed by atoms with Gasteiger partial charge >= 0.3 is 0 Å². The van der Waals surface area contributed by atoms with Crippen LogP contribution in [-0.2, 0) is 0 Å². The van der Waals surface area contributed by atoms with E-state index in [1.165, 1.54) is 42.0 Å². The predicted octanol–water partition coefficient (Wildman–Crippen LogP) is 8.22. The molecule has 0 atom stereocenters. The van der Waals surface area contributed by atoms with Crippen LogP contribution in [0.15, 0.2) is 170 Å². The molecule has 6 aromatic carbocycles. The van der Waals surface area contributed by atoms with Crippen molar-refractivity contribution in [2.75, 3.05) is 23.4 Å². The number of aromatic nitrogens is 2. The van der Waals surface area contributed by atoms with E-state index in [0.717, 1.165) is 28.2 Å². The molecule has 0 saturated heterocycles. The third-order valence-corrected chi connectivity index (χ3v) is 15.3. The van der Waals surface area contributed by atoms with Crippen molar-refractivity contribution in [2.45, 2.75) is 19.8 Å². The lowest BCUT2D eigenvalue weighted by Gasteiger charge is -2.35. The van der Waals surface area contributed by atoms with Crippen LogP contribution in [-0.4, -0.2) is 31.3 Å². The van der Waals surface area contributed by atoms with Crippen molar-refractivity contribution in [3.8, 4) is 5.82 Å². The molecule has 0 aliphatic carbocycles. The number of pyridine rings is 1. The van der Waals surface area contributed by atoms with Crippen molar-refractivity contribution in [3.63, 3.8) is 0 Å². The molecule has 4 nitrogen and oxygen atoms in total. The van der Waals surface area contributed by atoms with Crippen molar-refractivity contribution in [3.05, 3.63) is 176 Å². The Hall–Kier alpha value is -5.91. The van der Waals surface area contributed by atoms with Crippen LogP contribution in [0.25, 0.3) is 27.6 Å². The molecule has 0 unspecified atom stereocenters. The van der Waals surface area contributed by atoms with Crippen molar-refractivity contribution in [1.29, 1.82) is 0 Å². The highest BCUT2D eigenvalue weighted by Gasteiger charge is 2.42. The number of benzene rings is 6. The maximum Gasteiger partial charge on any atom is 0.179 e. The Balaban J connectivity index is 1.33. The van der Waals surface area contributed by atoms with E-state index in [9.17, 15) is 0 Å². The van der Waals surface area contributed by atoms with Crippen molar-refractivity contribution < 1.29 is 4.11 Å². The van der Waals surface area contributed by atoms with E-state index in [0.29, 0.717) is 11.6 Å². The summed E-state index contributed by atoms with van der Waals surface area (Å²) in [5, 5.41) is 7.37. The predicted molar refractivity (Wildman–Crippen MR) is 218 cm³/mol. The van der Waals surface area contributed by atoms with Gasteiger partial charge in [-0.05, 0) is 80.8 Å². The highest BCUT2D eigenvalue weighted by molar-refractivity contribution is 7.20. The molecule has 51 heavy (non-hydrogen) atoms. The van der Waals surface area contributed by atoms with Gasteiger partial charge in [-0.15, -0.1) is 0 Å². The largest absolute Gasteiger partial charge is 0.355 e. The summed E-state index contributed by atoms with van der Waals surface area (Å²) in [7, 11) is -3.03. The number of rotatable bonds is 7. The van der Waals surface area contributed by atoms with E-state index in [4.69, 9.17) is 9.10 Å². The van der Waals surface area contributed by atoms with Gasteiger partial charge in [-0.25, -0.2) is 4.98 Å². The van der Waals surface area contributed by atoms with Crippen LogP contribution in [0.3, 0.4) is 0 Å². The lowest BCUT2D eigenvalue weighted by Crippen LogP contribution is -2.74. The number of para-hydroxylation sites is 3. The molecule has 9 rings (SSSR count). The van der Waals surface area contributed by atoms with Gasteiger partial charge in [0.2, 0.25) is 0 Å². The van der Waals surface area contributed by atoms with Crippen LogP contribution in [0, 0.1) is 0 Å². The third kappa shape index (κ3) is 4.99. The summed E-state index contributed by atoms with van der Waals surface area (Å²) in [5.41, 5.74) is 6.05. The zero-order chi connectivity index (χ0) is 37.0. The smallest absolute Gasteiger partial charge is 0.179 e. The number of nitrogens with zero attached hydrogens (tertiary/aromatic N) is 4. The standard InChI is InChI=1S/C46H40N4Si/c1-33(2)34-27-28-47-46(29-34)50-42-22-11-10-21-40(42)41-26-25-39(31-45(41)50)51(36-16-6-4-7-17-36,37-18-8-5-9-19-37)38-20-14-15-35(30-38)49-32-48(3)43-23-12-13-24-44(43)49/h4-31,33H,32H2,1-3H3/i3D3. The molecule has 0 saturated carbocycles. The van der Waals surface area contributed by atoms with E-state index in [-0.39, 0.29) is 6.67 Å². The third-order valence-electron chi connectivity index (χ3n) is 10.5. The molecule has 248 valence electrons. The van der Waals surface area contributed by atoms with E-state index in [1.54, 1.807) is 0 Å². The van der Waals surface area contributed by atoms with Crippen molar-refractivity contribution in [1.82, 2.24) is 9.55 Å². The quantitative estimate of drug-likeness (QED) is 0.125. The molecule has 3 heterocycles. The van der Waals surface area contributed by atoms with Crippen molar-refractivity contribution >= 4 is 67.7 Å². The molecule has 0 N–H and O–H groups in total. The summed E-state index contributed by atoms with van der Waals surface area (Å²) < 4.78 is 27.4. The molecule has 0 radical (unpaired) electrons. The Labute approximate surface area is 305 Å². The topological polar surface area (TPSA) is 24.3 Å². The normalized spacial score (nSPS) is 14.1. The van der Waals surface area contributed by atoms with Crippen molar-refractivity contribution in [2.24, 2.45) is 0 Å². The van der Waals surface area contributed by atoms with Crippen LogP contribution in [0.4, 0.5) is 17.1 Å². The van der Waals surface area contributed by atoms with Crippen LogP contribution in [0.1, 0.15) is 29.4 Å². The summed E-state index contributed by atoms with van der Waals surface area (Å²) in [6, 6.07) is 58.5. The SMILES string of the molecule is [2H]C([2H])([2H])N1CN(c2cccc([Si](c3ccccc3)(c3ccccc3)c3ccc4c5ccccc5n(-c5cc(C(C)C)ccn5)c4c3)c2)c2ccccc21. The van der Waals surface area contributed by atoms with E-state index < -0.39 is 15.0 Å². The first-order valence-electron chi connectivity index (χ1n) is 19.1. The van der Waals surface area contributed by atoms with Crippen LogP contribution in [0.2, 0.25) is 0 Å². The second-order valence-corrected chi connectivity index (χ2v) is 17.5. The zero-order valence-corrected chi connectivity index (χ0v) is 29.7. The molecule has 0 spiro atoms. The van der Waals surface area contributed by atoms with Gasteiger partial charge in [0.1, 0.15) is 5.82 Å². The fourth-order valence-electron chi connectivity index (χ4n) is 8.08. The summed E-state index contributed by atoms with van der Waals surface area (Å²) in [4.78, 5) is 8.60. The highest BCUT2D eigenvalue weighted by Crippen LogP contribution is 2.39. The van der Waals surface area contributed by atoms with Crippen LogP contribution >= 0.6 is 0 Å². The second kappa shape index (κ2) is 12.4. The van der Waals surface area contributed by atoms with Gasteiger partial charge in [-0.1, -0.05) is 129 Å². The van der Waals surface area contributed by atoms with Gasteiger partial charge in [-0.3, -0.25) is 4.57 Å². The Bertz CT molecular complexity index is 2600. The Morgan fingerprint density at radius 2 is 1.24 bits per heavy atom. The zero-order valence-electron chi connectivity index (χ0n) is 31.7. The molecular weight excluding hydrogens is 637 g/mol. The minimum absolute atomic E-state index is 0.235. The average molecular weight is 680 g/mol. The first-order chi connectivity index (χ1) is 26.2. The number of hydrogen-bond donors (Lipinski definition) is 0. The Kier molecular flexibility index (Phi) is 6.80. The van der Waals surface area contributed by atoms with Gasteiger partial charge in [-0.2, -0.15) is 0 Å². The second-order valence-electron chi connectivity index (χ2n) is 13.7. The Morgan fingerprint density at radius 1 is 0.588 bits per heavy atom. The maximum atomic E-state index is 8.34. The maximum absolute atomic E-state index is 8.34. The van der Waals surface area contributed by atoms with E-state index in [1.807, 2.05) is 30.5 Å². The molecular formula is C46H40N4Si. The van der Waals surface area contributed by atoms with Gasteiger partial charge in [0.15, 0.2) is 8.07 Å². The molecule has 5 heteroatoms. The first kappa shape index (κ1) is 27.9. The number of hydrogen-bond acceptors (Lipinski definition) is 3. The van der Waals surface area contributed by atoms with Gasteiger partial charge in [0.05, 0.1) is 29.1 Å². The van der Waals surface area contributed by atoms with Gasteiger partial charge in [0.25, 0.3) is 0 Å². The van der Waals surface area contributed by atoms with Crippen LogP contribution < -0.4 is 30.5 Å². The lowest BCUT2D eigenvalue weighted by molar-refractivity contribution is 0.858.